The maximum Gasteiger partial charge on any atom is 0.137 e. The Morgan fingerprint density at radius 2 is 2.20 bits per heavy atom. The van der Waals surface area contributed by atoms with Crippen LogP contribution in [-0.2, 0) is 4.74 Å². The maximum absolute atomic E-state index is 10.1. The van der Waals surface area contributed by atoms with Gasteiger partial charge in [0.1, 0.15) is 11.4 Å². The van der Waals surface area contributed by atoms with E-state index in [1.807, 2.05) is 24.3 Å². The molecule has 3 rings (SSSR count). The highest BCUT2D eigenvalue weighted by Gasteiger charge is 2.43. The molecule has 2 atom stereocenters. The van der Waals surface area contributed by atoms with E-state index < -0.39 is 6.10 Å². The number of para-hydroxylation sites is 1. The molecule has 0 aromatic heterocycles. The minimum atomic E-state index is -0.420. The molecule has 0 radical (unpaired) electrons. The fourth-order valence-electron chi connectivity index (χ4n) is 2.42. The summed E-state index contributed by atoms with van der Waals surface area (Å²) in [5, 5.41) is 10.1. The summed E-state index contributed by atoms with van der Waals surface area (Å²) in [4.78, 5) is 0. The van der Waals surface area contributed by atoms with Crippen LogP contribution in [0.15, 0.2) is 24.3 Å². The molecule has 1 spiro atoms. The van der Waals surface area contributed by atoms with Crippen LogP contribution in [0.1, 0.15) is 24.5 Å². The third-order valence-corrected chi connectivity index (χ3v) is 3.24. The number of aliphatic hydroxyl groups excluding tert-OH is 1. The van der Waals surface area contributed by atoms with Gasteiger partial charge in [0, 0.05) is 18.4 Å². The molecule has 1 saturated heterocycles. The number of hydrogen-bond acceptors (Lipinski definition) is 3. The molecule has 1 fully saturated rings. The monoisotopic (exact) mass is 206 g/mol. The minimum absolute atomic E-state index is 0.284. The molecule has 1 N–H and O–H groups in total. The normalized spacial score (nSPS) is 33.8. The number of benzene rings is 1. The van der Waals surface area contributed by atoms with Crippen LogP contribution < -0.4 is 4.74 Å². The van der Waals surface area contributed by atoms with E-state index in [-0.39, 0.29) is 5.60 Å². The van der Waals surface area contributed by atoms with E-state index in [0.29, 0.717) is 13.0 Å². The smallest absolute Gasteiger partial charge is 0.137 e. The highest BCUT2D eigenvalue weighted by molar-refractivity contribution is 5.38. The zero-order valence-electron chi connectivity index (χ0n) is 8.48. The van der Waals surface area contributed by atoms with Crippen molar-refractivity contribution < 1.29 is 14.6 Å². The number of fused-ring (bicyclic) bond motifs is 1. The van der Waals surface area contributed by atoms with Crippen LogP contribution in [0.2, 0.25) is 0 Å². The number of ether oxygens (including phenoxy) is 2. The Bertz CT molecular complexity index is 369. The van der Waals surface area contributed by atoms with Crippen molar-refractivity contribution >= 4 is 0 Å². The average Bonchev–Trinajstić information content (AvgIpc) is 2.66. The van der Waals surface area contributed by atoms with E-state index in [1.165, 1.54) is 0 Å². The van der Waals surface area contributed by atoms with Crippen LogP contribution in [-0.4, -0.2) is 23.9 Å². The van der Waals surface area contributed by atoms with E-state index >= 15 is 0 Å². The molecular formula is C12H14O3. The molecule has 80 valence electrons. The van der Waals surface area contributed by atoms with Crippen molar-refractivity contribution in [2.24, 2.45) is 0 Å². The van der Waals surface area contributed by atoms with Crippen molar-refractivity contribution in [3.8, 4) is 5.75 Å². The van der Waals surface area contributed by atoms with E-state index in [9.17, 15) is 5.11 Å². The van der Waals surface area contributed by atoms with Crippen molar-refractivity contribution in [2.45, 2.75) is 24.5 Å². The standard InChI is InChI=1S/C12H14O3/c13-10-7-12(5-6-14-8-12)15-11-4-2-1-3-9(10)11/h1-4,10,13H,5-8H2/t10-,12?/m0/s1. The molecular weight excluding hydrogens is 192 g/mol. The molecule has 1 aromatic carbocycles. The second-order valence-corrected chi connectivity index (χ2v) is 4.35. The molecule has 0 saturated carbocycles. The quantitative estimate of drug-likeness (QED) is 0.701. The molecule has 2 aliphatic heterocycles. The van der Waals surface area contributed by atoms with Crippen molar-refractivity contribution in [3.05, 3.63) is 29.8 Å². The summed E-state index contributed by atoms with van der Waals surface area (Å²) in [6.45, 7) is 1.33. The molecule has 1 unspecified atom stereocenters. The number of hydrogen-bond donors (Lipinski definition) is 1. The lowest BCUT2D eigenvalue weighted by molar-refractivity contribution is -0.0194. The Hall–Kier alpha value is -1.06. The molecule has 0 bridgehead atoms. The zero-order valence-corrected chi connectivity index (χ0v) is 8.48. The van der Waals surface area contributed by atoms with E-state index in [1.54, 1.807) is 0 Å². The van der Waals surface area contributed by atoms with Gasteiger partial charge in [0.05, 0.1) is 19.3 Å². The topological polar surface area (TPSA) is 38.7 Å². The van der Waals surface area contributed by atoms with Crippen molar-refractivity contribution in [3.63, 3.8) is 0 Å². The van der Waals surface area contributed by atoms with E-state index in [2.05, 4.69) is 0 Å². The Labute approximate surface area is 88.6 Å². The predicted molar refractivity (Wildman–Crippen MR) is 54.8 cm³/mol. The summed E-state index contributed by atoms with van der Waals surface area (Å²) in [5.74, 6) is 0.807. The Morgan fingerprint density at radius 1 is 1.33 bits per heavy atom. The van der Waals surface area contributed by atoms with E-state index in [0.717, 1.165) is 24.3 Å². The first kappa shape index (κ1) is 9.19. The summed E-state index contributed by atoms with van der Waals surface area (Å²) in [6, 6.07) is 7.69. The SMILES string of the molecule is O[C@H]1CC2(CCOC2)Oc2ccccc21. The third kappa shape index (κ3) is 1.43. The fourth-order valence-corrected chi connectivity index (χ4v) is 2.42. The third-order valence-electron chi connectivity index (χ3n) is 3.24. The van der Waals surface area contributed by atoms with Gasteiger partial charge < -0.3 is 14.6 Å². The lowest BCUT2D eigenvalue weighted by atomic mass is 9.88. The van der Waals surface area contributed by atoms with Gasteiger partial charge >= 0.3 is 0 Å². The summed E-state index contributed by atoms with van der Waals surface area (Å²) in [6.07, 6.45) is 1.10. The molecule has 1 aromatic rings. The molecule has 2 aliphatic rings. The van der Waals surface area contributed by atoms with Crippen LogP contribution in [0.4, 0.5) is 0 Å². The summed E-state index contributed by atoms with van der Waals surface area (Å²) >= 11 is 0. The first-order valence-corrected chi connectivity index (χ1v) is 5.33. The molecule has 3 nitrogen and oxygen atoms in total. The Balaban J connectivity index is 1.98. The lowest BCUT2D eigenvalue weighted by Gasteiger charge is -2.36. The first-order chi connectivity index (χ1) is 7.29. The Morgan fingerprint density at radius 3 is 3.00 bits per heavy atom. The van der Waals surface area contributed by atoms with Gasteiger partial charge in [0.2, 0.25) is 0 Å². The highest BCUT2D eigenvalue weighted by atomic mass is 16.6. The van der Waals surface area contributed by atoms with E-state index in [4.69, 9.17) is 9.47 Å². The van der Waals surface area contributed by atoms with Gasteiger partial charge in [-0.05, 0) is 6.07 Å². The second-order valence-electron chi connectivity index (χ2n) is 4.35. The molecule has 0 aliphatic carbocycles. The fraction of sp³-hybridized carbons (Fsp3) is 0.500. The summed E-state index contributed by atoms with van der Waals surface area (Å²) in [5.41, 5.74) is 0.614. The lowest BCUT2D eigenvalue weighted by Crippen LogP contribution is -2.41. The summed E-state index contributed by atoms with van der Waals surface area (Å²) in [7, 11) is 0. The summed E-state index contributed by atoms with van der Waals surface area (Å²) < 4.78 is 11.3. The van der Waals surface area contributed by atoms with Gasteiger partial charge in [-0.25, -0.2) is 0 Å². The van der Waals surface area contributed by atoms with Gasteiger partial charge in [0.15, 0.2) is 0 Å². The molecule has 15 heavy (non-hydrogen) atoms. The van der Waals surface area contributed by atoms with Gasteiger partial charge in [-0.15, -0.1) is 0 Å². The Kier molecular flexibility index (Phi) is 1.97. The largest absolute Gasteiger partial charge is 0.484 e. The van der Waals surface area contributed by atoms with Crippen molar-refractivity contribution in [1.29, 1.82) is 0 Å². The van der Waals surface area contributed by atoms with Crippen LogP contribution >= 0.6 is 0 Å². The predicted octanol–water partition coefficient (Wildman–Crippen LogP) is 1.66. The maximum atomic E-state index is 10.1. The van der Waals surface area contributed by atoms with Gasteiger partial charge in [-0.3, -0.25) is 0 Å². The van der Waals surface area contributed by atoms with Crippen LogP contribution in [0.5, 0.6) is 5.75 Å². The minimum Gasteiger partial charge on any atom is -0.484 e. The van der Waals surface area contributed by atoms with Gasteiger partial charge in [0.25, 0.3) is 0 Å². The van der Waals surface area contributed by atoms with Crippen LogP contribution in [0.25, 0.3) is 0 Å². The van der Waals surface area contributed by atoms with Gasteiger partial charge in [-0.1, -0.05) is 18.2 Å². The number of aliphatic hydroxyl groups is 1. The first-order valence-electron chi connectivity index (χ1n) is 5.33. The molecule has 2 heterocycles. The zero-order chi connectivity index (χ0) is 10.3. The molecule has 0 amide bonds. The van der Waals surface area contributed by atoms with Gasteiger partial charge in [-0.2, -0.15) is 0 Å². The van der Waals surface area contributed by atoms with Crippen molar-refractivity contribution in [2.75, 3.05) is 13.2 Å². The number of rotatable bonds is 0. The van der Waals surface area contributed by atoms with Crippen LogP contribution in [0, 0.1) is 0 Å². The molecule has 3 heteroatoms. The van der Waals surface area contributed by atoms with Crippen molar-refractivity contribution in [1.82, 2.24) is 0 Å². The highest BCUT2D eigenvalue weighted by Crippen LogP contribution is 2.42. The second kappa shape index (κ2) is 3.22. The van der Waals surface area contributed by atoms with Crippen LogP contribution in [0.3, 0.4) is 0 Å². The average molecular weight is 206 g/mol.